The van der Waals surface area contributed by atoms with Gasteiger partial charge in [-0.1, -0.05) is 125 Å². The van der Waals surface area contributed by atoms with Crippen LogP contribution in [-0.2, 0) is 88.7 Å². The van der Waals surface area contributed by atoms with Crippen LogP contribution in [0.3, 0.4) is 0 Å². The summed E-state index contributed by atoms with van der Waals surface area (Å²) in [4.78, 5) is 155. The minimum Gasteiger partial charge on any atom is -0.478 e. The van der Waals surface area contributed by atoms with E-state index in [1.165, 1.54) is 52.0 Å². The first-order valence-corrected chi connectivity index (χ1v) is 33.0. The van der Waals surface area contributed by atoms with Crippen molar-refractivity contribution in [2.45, 2.75) is 146 Å². The van der Waals surface area contributed by atoms with E-state index in [4.69, 9.17) is 33.2 Å². The predicted molar refractivity (Wildman–Crippen MR) is 341 cm³/mol. The van der Waals surface area contributed by atoms with E-state index in [1.54, 1.807) is 111 Å². The molecule has 0 spiro atoms. The highest BCUT2D eigenvalue weighted by molar-refractivity contribution is 7.86. The topological polar surface area (TPSA) is 366 Å². The number of carboxylic acid groups (broad SMARTS) is 1. The van der Waals surface area contributed by atoms with Crippen LogP contribution in [0, 0.1) is 28.1 Å². The van der Waals surface area contributed by atoms with Gasteiger partial charge in [-0.2, -0.15) is 0 Å². The zero-order chi connectivity index (χ0) is 70.3. The Bertz CT molecular complexity index is 3900. The number of hydrogen-bond acceptors (Lipinski definition) is 21. The quantitative estimate of drug-likeness (QED) is 0.0368. The fraction of sp³-hybridized carbons (Fsp3) is 0.451. The van der Waals surface area contributed by atoms with Crippen LogP contribution in [0.5, 0.6) is 0 Å². The minimum absolute atomic E-state index is 0.0107. The summed E-state index contributed by atoms with van der Waals surface area (Å²) < 4.78 is 56.3. The molecule has 4 fully saturated rings. The zero-order valence-corrected chi connectivity index (χ0v) is 55.4. The molecule has 1 saturated heterocycles. The number of rotatable bonds is 21. The van der Waals surface area contributed by atoms with Crippen molar-refractivity contribution in [1.82, 2.24) is 16.0 Å². The number of aliphatic carboxylic acids is 1. The Balaban J connectivity index is 0.949. The maximum absolute atomic E-state index is 16.0. The number of esters is 5. The van der Waals surface area contributed by atoms with Crippen molar-refractivity contribution in [2.75, 3.05) is 25.5 Å². The van der Waals surface area contributed by atoms with Gasteiger partial charge in [-0.3, -0.25) is 37.8 Å². The van der Waals surface area contributed by atoms with Gasteiger partial charge in [0.2, 0.25) is 12.0 Å². The number of benzene rings is 4. The van der Waals surface area contributed by atoms with Crippen molar-refractivity contribution in [3.63, 3.8) is 0 Å². The van der Waals surface area contributed by atoms with Gasteiger partial charge >= 0.3 is 41.9 Å². The van der Waals surface area contributed by atoms with Gasteiger partial charge in [-0.15, -0.1) is 0 Å². The predicted octanol–water partition coefficient (Wildman–Crippen LogP) is 4.87. The van der Waals surface area contributed by atoms with Crippen LogP contribution >= 0.6 is 0 Å². The standard InChI is InChI=1S/C71H77N3O22S/c1-37-45(31-71(88)61(95-64(85)43-27-19-12-20-28-43)59-69(8,46(77)30-47-70(59,36-91-47)96-39(3)76)60(81)56(92-38(2)75)52(37)68(71,6)7)93-65(86)57(53(41-23-15-10-16-24-41)74-62(82)42-25-17-11-18-26-42)94-49(79)32-67(4,5)35-72-66(87)90-33-44-34-97(89)58-51(50(44)63(83)84)55(80)54(58)73-48(78)29-40-21-13-9-14-22-40/h9-28,45-47,51,53-54,56-59,61,77,88H,29-36H2,1-8H3,(H,72,87)(H,73,78)(H,74,82)(H,83,84)/t45-,46-,47+,51?,53-,54+,56+,57+,58?,59-,61-,69+,70-,71+,97?/m0/s1. The summed E-state index contributed by atoms with van der Waals surface area (Å²) in [5.74, 6) is -13.1. The number of nitrogens with one attached hydrogen (secondary N) is 3. The maximum atomic E-state index is 16.0. The molecule has 514 valence electrons. The lowest BCUT2D eigenvalue weighted by Crippen LogP contribution is -2.82. The lowest BCUT2D eigenvalue weighted by atomic mass is 9.44. The second kappa shape index (κ2) is 27.7. The van der Waals surface area contributed by atoms with E-state index in [2.05, 4.69) is 16.0 Å². The lowest BCUT2D eigenvalue weighted by Gasteiger charge is -2.67. The van der Waals surface area contributed by atoms with Gasteiger partial charge in [0.15, 0.2) is 23.3 Å². The number of carbonyl (C=O) groups excluding carboxylic acids is 10. The smallest absolute Gasteiger partial charge is 0.407 e. The Morgan fingerprint density at radius 1 is 0.804 bits per heavy atom. The number of Topliss-reactive ketones (excluding diaryl/α,β-unsaturated/α-hetero) is 2. The molecule has 4 aromatic rings. The average Bonchev–Trinajstić information content (AvgIpc) is 0.668. The van der Waals surface area contributed by atoms with Gasteiger partial charge in [-0.25, -0.2) is 19.2 Å². The SMILES string of the molecule is CC(=O)O[C@H]1C(=O)[C@@]2(C)[C@H]([C@H](OC(=O)c3ccccc3)[C@]3(O)C[C@H](OC(=O)[C@H](OC(=O)CC(C)(C)CNC(=O)OCC4=C(C(=O)O)C5C(=O)[C@@H](NC(=O)Cc6ccccc6)C5S(=O)C4)[C@@H](NC(=O)c4ccccc4)c4ccccc4)C(C)=C1C3(C)C)[C@]1(OC(C)=O)CO[C@@H]1C[C@@H]2O. The third kappa shape index (κ3) is 13.6. The molecule has 25 nitrogen and oxygen atoms in total. The van der Waals surface area contributed by atoms with Crippen molar-refractivity contribution < 1.29 is 105 Å². The summed E-state index contributed by atoms with van der Waals surface area (Å²) in [7, 11) is -1.88. The molecule has 2 bridgehead atoms. The molecule has 2 heterocycles. The minimum atomic E-state index is -2.58. The van der Waals surface area contributed by atoms with E-state index in [9.17, 15) is 62.7 Å². The number of aliphatic hydroxyl groups excluding tert-OH is 1. The molecule has 0 radical (unpaired) electrons. The summed E-state index contributed by atoms with van der Waals surface area (Å²) >= 11 is 0. The molecular formula is C71H77N3O22S. The highest BCUT2D eigenvalue weighted by Gasteiger charge is 2.78. The molecule has 4 aliphatic carbocycles. The van der Waals surface area contributed by atoms with Gasteiger partial charge in [0, 0.05) is 60.8 Å². The summed E-state index contributed by atoms with van der Waals surface area (Å²) in [6, 6.07) is 29.3. The zero-order valence-electron chi connectivity index (χ0n) is 54.6. The number of fused-ring (bicyclic) bond motifs is 6. The van der Waals surface area contributed by atoms with E-state index in [-0.39, 0.29) is 58.5 Å². The van der Waals surface area contributed by atoms with E-state index in [0.29, 0.717) is 5.56 Å². The van der Waals surface area contributed by atoms with Gasteiger partial charge < -0.3 is 64.4 Å². The number of alkyl carbamates (subject to hydrolysis) is 1. The maximum Gasteiger partial charge on any atom is 0.407 e. The number of hydrogen-bond donors (Lipinski definition) is 6. The van der Waals surface area contributed by atoms with Crippen molar-refractivity contribution in [2.24, 2.45) is 28.1 Å². The van der Waals surface area contributed by atoms with Gasteiger partial charge in [0.25, 0.3) is 5.91 Å². The Labute approximate surface area is 560 Å². The van der Waals surface area contributed by atoms with Crippen molar-refractivity contribution >= 4 is 76.1 Å². The second-order valence-electron chi connectivity index (χ2n) is 27.0. The van der Waals surface area contributed by atoms with Crippen LogP contribution in [0.15, 0.2) is 144 Å². The number of carboxylic acids is 1. The van der Waals surface area contributed by atoms with Crippen LogP contribution in [0.4, 0.5) is 4.79 Å². The third-order valence-corrected chi connectivity index (χ3v) is 21.5. The number of ether oxygens (including phenoxy) is 7. The number of carbonyl (C=O) groups is 11. The molecule has 15 atom stereocenters. The van der Waals surface area contributed by atoms with Crippen molar-refractivity contribution in [3.05, 3.63) is 166 Å². The molecule has 2 aliphatic heterocycles. The molecule has 3 saturated carbocycles. The Kier molecular flexibility index (Phi) is 20.2. The first-order valence-electron chi connectivity index (χ1n) is 31.6. The van der Waals surface area contributed by atoms with E-state index >= 15 is 9.59 Å². The number of ketones is 2. The van der Waals surface area contributed by atoms with Crippen LogP contribution in [-0.4, -0.2) is 169 Å². The molecule has 97 heavy (non-hydrogen) atoms. The van der Waals surface area contributed by atoms with Gasteiger partial charge in [0.1, 0.15) is 42.6 Å². The van der Waals surface area contributed by atoms with E-state index < -0.39 is 201 Å². The number of aliphatic hydroxyl groups is 2. The molecule has 6 aliphatic rings. The van der Waals surface area contributed by atoms with Gasteiger partial charge in [-0.05, 0) is 71.4 Å². The van der Waals surface area contributed by atoms with Crippen molar-refractivity contribution in [1.29, 1.82) is 0 Å². The fourth-order valence-electron chi connectivity index (χ4n) is 14.8. The molecular weight excluding hydrogens is 1280 g/mol. The summed E-state index contributed by atoms with van der Waals surface area (Å²) in [5.41, 5.74) is -9.33. The summed E-state index contributed by atoms with van der Waals surface area (Å²) in [6.07, 6.45) is -13.3. The third-order valence-electron chi connectivity index (χ3n) is 19.8. The lowest BCUT2D eigenvalue weighted by molar-refractivity contribution is -0.346. The number of amides is 3. The molecule has 3 unspecified atom stereocenters. The van der Waals surface area contributed by atoms with Crippen molar-refractivity contribution in [3.8, 4) is 0 Å². The Hall–Kier alpha value is -9.24. The largest absolute Gasteiger partial charge is 0.478 e. The highest BCUT2D eigenvalue weighted by atomic mass is 32.2. The van der Waals surface area contributed by atoms with Crippen LogP contribution in [0.2, 0.25) is 0 Å². The highest BCUT2D eigenvalue weighted by Crippen LogP contribution is 2.64. The molecule has 3 amide bonds. The molecule has 10 rings (SSSR count). The normalized spacial score (nSPS) is 29.0. The molecule has 4 aromatic carbocycles. The Morgan fingerprint density at radius 2 is 1.41 bits per heavy atom. The van der Waals surface area contributed by atoms with Crippen LogP contribution in [0.1, 0.15) is 113 Å². The molecule has 26 heteroatoms. The van der Waals surface area contributed by atoms with E-state index in [0.717, 1.165) is 13.8 Å². The Morgan fingerprint density at radius 3 is 2.00 bits per heavy atom. The fourth-order valence-corrected chi connectivity index (χ4v) is 16.6. The summed E-state index contributed by atoms with van der Waals surface area (Å²) in [6.45, 7) is 9.63. The first-order chi connectivity index (χ1) is 45.8. The molecule has 6 N–H and O–H groups in total. The first kappa shape index (κ1) is 70.6. The second-order valence-corrected chi connectivity index (χ2v) is 28.6. The van der Waals surface area contributed by atoms with Crippen LogP contribution < -0.4 is 16.0 Å². The van der Waals surface area contributed by atoms with E-state index in [1.807, 2.05) is 0 Å². The molecule has 0 aromatic heterocycles. The monoisotopic (exact) mass is 1360 g/mol. The average molecular weight is 1360 g/mol. The van der Waals surface area contributed by atoms with Gasteiger partial charge in [0.05, 0.1) is 59.2 Å². The van der Waals surface area contributed by atoms with Crippen LogP contribution in [0.25, 0.3) is 0 Å². The summed E-state index contributed by atoms with van der Waals surface area (Å²) in [5, 5.41) is 43.7.